The molecule has 1 saturated heterocycles. The molecule has 160 valence electrons. The number of nitrogens with one attached hydrogen (secondary N) is 2. The van der Waals surface area contributed by atoms with Gasteiger partial charge >= 0.3 is 11.8 Å². The Bertz CT molecular complexity index is 808. The Balaban J connectivity index is 1.48. The van der Waals surface area contributed by atoms with Gasteiger partial charge in [0.15, 0.2) is 0 Å². The molecule has 1 fully saturated rings. The average Bonchev–Trinajstić information content (AvgIpc) is 2.81. The summed E-state index contributed by atoms with van der Waals surface area (Å²) < 4.78 is 10.6. The van der Waals surface area contributed by atoms with Crippen LogP contribution in [0, 0.1) is 0 Å². The highest BCUT2D eigenvalue weighted by molar-refractivity contribution is 6.35. The molecule has 2 aromatic rings. The Labute approximate surface area is 176 Å². The number of carbonyl (C=O) groups excluding carboxylic acids is 2. The Morgan fingerprint density at radius 2 is 1.87 bits per heavy atom. The van der Waals surface area contributed by atoms with Crippen molar-refractivity contribution in [2.45, 2.75) is 12.5 Å². The minimum Gasteiger partial charge on any atom is -0.497 e. The monoisotopic (exact) mass is 412 g/mol. The molecule has 1 atom stereocenters. The number of ether oxygens (including phenoxy) is 2. The second kappa shape index (κ2) is 11.3. The van der Waals surface area contributed by atoms with E-state index in [1.807, 2.05) is 36.4 Å². The number of hydrogen-bond donors (Lipinski definition) is 2. The fourth-order valence-electron chi connectivity index (χ4n) is 3.38. The first-order valence-electron chi connectivity index (χ1n) is 10.1. The van der Waals surface area contributed by atoms with Gasteiger partial charge in [-0.3, -0.25) is 19.5 Å². The van der Waals surface area contributed by atoms with Gasteiger partial charge in [-0.2, -0.15) is 0 Å². The van der Waals surface area contributed by atoms with Crippen molar-refractivity contribution < 1.29 is 19.1 Å². The van der Waals surface area contributed by atoms with E-state index in [0.717, 1.165) is 30.0 Å². The second-order valence-electron chi connectivity index (χ2n) is 7.01. The molecule has 1 aromatic heterocycles. The molecule has 3 rings (SSSR count). The number of hydrogen-bond acceptors (Lipinski definition) is 6. The highest BCUT2D eigenvalue weighted by Crippen LogP contribution is 2.20. The van der Waals surface area contributed by atoms with E-state index in [4.69, 9.17) is 9.47 Å². The molecule has 0 unspecified atom stereocenters. The molecule has 0 bridgehead atoms. The van der Waals surface area contributed by atoms with Gasteiger partial charge in [0.25, 0.3) is 0 Å². The van der Waals surface area contributed by atoms with E-state index in [2.05, 4.69) is 20.5 Å². The van der Waals surface area contributed by atoms with Gasteiger partial charge in [-0.25, -0.2) is 0 Å². The highest BCUT2D eigenvalue weighted by Gasteiger charge is 2.24. The Kier molecular flexibility index (Phi) is 8.17. The molecule has 0 aliphatic carbocycles. The van der Waals surface area contributed by atoms with E-state index in [1.165, 1.54) is 0 Å². The third-order valence-electron chi connectivity index (χ3n) is 5.08. The van der Waals surface area contributed by atoms with Crippen LogP contribution in [-0.2, 0) is 20.7 Å². The van der Waals surface area contributed by atoms with E-state index in [1.54, 1.807) is 19.5 Å². The van der Waals surface area contributed by atoms with Gasteiger partial charge in [0.1, 0.15) is 5.75 Å². The van der Waals surface area contributed by atoms with Gasteiger partial charge in [0.05, 0.1) is 26.4 Å². The Hall–Kier alpha value is -2.97. The first-order chi connectivity index (χ1) is 14.7. The second-order valence-corrected chi connectivity index (χ2v) is 7.01. The van der Waals surface area contributed by atoms with Crippen LogP contribution in [0.1, 0.15) is 17.2 Å². The molecular weight excluding hydrogens is 384 g/mol. The summed E-state index contributed by atoms with van der Waals surface area (Å²) in [5.74, 6) is -0.479. The van der Waals surface area contributed by atoms with Gasteiger partial charge in [-0.1, -0.05) is 18.2 Å². The topological polar surface area (TPSA) is 92.8 Å². The first kappa shape index (κ1) is 21.7. The number of aromatic nitrogens is 1. The fourth-order valence-corrected chi connectivity index (χ4v) is 3.38. The molecule has 1 aromatic carbocycles. The Morgan fingerprint density at radius 1 is 1.13 bits per heavy atom. The lowest BCUT2D eigenvalue weighted by molar-refractivity contribution is -0.139. The molecule has 1 aliphatic heterocycles. The summed E-state index contributed by atoms with van der Waals surface area (Å²) in [6.07, 6.45) is 4.14. The lowest BCUT2D eigenvalue weighted by Gasteiger charge is -2.34. The zero-order chi connectivity index (χ0) is 21.2. The zero-order valence-corrected chi connectivity index (χ0v) is 17.2. The minimum atomic E-state index is -0.633. The zero-order valence-electron chi connectivity index (χ0n) is 17.2. The maximum absolute atomic E-state index is 12.3. The molecule has 8 nitrogen and oxygen atoms in total. The standard InChI is InChI=1S/C22H28N4O4/c1-29-19-6-4-17(5-7-19)8-10-24-21(27)22(28)25-16-20(18-3-2-9-23-15-18)26-11-13-30-14-12-26/h2-7,9,15,20H,8,10-14,16H2,1H3,(H,24,27)(H,25,28)/t20-/m0/s1. The third-order valence-corrected chi connectivity index (χ3v) is 5.08. The molecule has 30 heavy (non-hydrogen) atoms. The van der Waals surface area contributed by atoms with Crippen molar-refractivity contribution in [3.63, 3.8) is 0 Å². The average molecular weight is 412 g/mol. The van der Waals surface area contributed by atoms with Crippen molar-refractivity contribution in [3.05, 3.63) is 59.9 Å². The number of benzene rings is 1. The lowest BCUT2D eigenvalue weighted by atomic mass is 10.1. The van der Waals surface area contributed by atoms with Crippen LogP contribution < -0.4 is 15.4 Å². The van der Waals surface area contributed by atoms with E-state index >= 15 is 0 Å². The van der Waals surface area contributed by atoms with Crippen LogP contribution in [0.15, 0.2) is 48.8 Å². The maximum Gasteiger partial charge on any atom is 0.309 e. The minimum absolute atomic E-state index is 0.0568. The van der Waals surface area contributed by atoms with Gasteiger partial charge in [0, 0.05) is 38.6 Å². The van der Waals surface area contributed by atoms with Crippen molar-refractivity contribution in [2.75, 3.05) is 46.5 Å². The van der Waals surface area contributed by atoms with E-state index < -0.39 is 11.8 Å². The normalized spacial score (nSPS) is 15.2. The van der Waals surface area contributed by atoms with Crippen LogP contribution in [0.25, 0.3) is 0 Å². The first-order valence-corrected chi connectivity index (χ1v) is 10.1. The molecule has 2 heterocycles. The summed E-state index contributed by atoms with van der Waals surface area (Å²) in [6.45, 7) is 3.55. The summed E-state index contributed by atoms with van der Waals surface area (Å²) in [5, 5.41) is 5.44. The molecule has 1 aliphatic rings. The number of carbonyl (C=O) groups is 2. The van der Waals surface area contributed by atoms with Crippen molar-refractivity contribution in [1.82, 2.24) is 20.5 Å². The van der Waals surface area contributed by atoms with Crippen LogP contribution in [0.5, 0.6) is 5.75 Å². The van der Waals surface area contributed by atoms with Gasteiger partial charge in [-0.15, -0.1) is 0 Å². The number of pyridine rings is 1. The summed E-state index contributed by atoms with van der Waals surface area (Å²) in [7, 11) is 1.62. The fraction of sp³-hybridized carbons (Fsp3) is 0.409. The van der Waals surface area contributed by atoms with Crippen LogP contribution in [0.4, 0.5) is 0 Å². The van der Waals surface area contributed by atoms with Crippen LogP contribution in [-0.4, -0.2) is 68.2 Å². The molecular formula is C22H28N4O4. The van der Waals surface area contributed by atoms with E-state index in [0.29, 0.717) is 32.7 Å². The number of methoxy groups -OCH3 is 1. The molecule has 8 heteroatoms. The molecule has 0 saturated carbocycles. The highest BCUT2D eigenvalue weighted by atomic mass is 16.5. The SMILES string of the molecule is COc1ccc(CCNC(=O)C(=O)NC[C@@H](c2cccnc2)N2CCOCC2)cc1. The number of rotatable bonds is 8. The van der Waals surface area contributed by atoms with Gasteiger partial charge in [0.2, 0.25) is 0 Å². The van der Waals surface area contributed by atoms with Crippen LogP contribution in [0.2, 0.25) is 0 Å². The number of amides is 2. The number of morpholine rings is 1. The smallest absolute Gasteiger partial charge is 0.309 e. The molecule has 0 spiro atoms. The van der Waals surface area contributed by atoms with Crippen molar-refractivity contribution >= 4 is 11.8 Å². The van der Waals surface area contributed by atoms with Crippen molar-refractivity contribution in [1.29, 1.82) is 0 Å². The summed E-state index contributed by atoms with van der Waals surface area (Å²) >= 11 is 0. The quantitative estimate of drug-likeness (QED) is 0.627. The Morgan fingerprint density at radius 3 is 2.53 bits per heavy atom. The van der Waals surface area contributed by atoms with E-state index in [-0.39, 0.29) is 6.04 Å². The van der Waals surface area contributed by atoms with Crippen molar-refractivity contribution in [3.8, 4) is 5.75 Å². The summed E-state index contributed by atoms with van der Waals surface area (Å²) in [5.41, 5.74) is 2.06. The predicted octanol–water partition coefficient (Wildman–Crippen LogP) is 0.939. The summed E-state index contributed by atoms with van der Waals surface area (Å²) in [6, 6.07) is 11.4. The third kappa shape index (κ3) is 6.27. The molecule has 2 amide bonds. The molecule has 2 N–H and O–H groups in total. The lowest BCUT2D eigenvalue weighted by Crippen LogP contribution is -2.47. The van der Waals surface area contributed by atoms with Crippen LogP contribution in [0.3, 0.4) is 0 Å². The van der Waals surface area contributed by atoms with E-state index in [9.17, 15) is 9.59 Å². The molecule has 0 radical (unpaired) electrons. The number of nitrogens with zero attached hydrogens (tertiary/aromatic N) is 2. The summed E-state index contributed by atoms with van der Waals surface area (Å²) in [4.78, 5) is 30.9. The van der Waals surface area contributed by atoms with Gasteiger partial charge < -0.3 is 20.1 Å². The van der Waals surface area contributed by atoms with Crippen LogP contribution >= 0.6 is 0 Å². The maximum atomic E-state index is 12.3. The van der Waals surface area contributed by atoms with Gasteiger partial charge in [-0.05, 0) is 35.7 Å². The van der Waals surface area contributed by atoms with Crippen molar-refractivity contribution in [2.24, 2.45) is 0 Å². The predicted molar refractivity (Wildman–Crippen MR) is 112 cm³/mol. The largest absolute Gasteiger partial charge is 0.497 e.